The van der Waals surface area contributed by atoms with Gasteiger partial charge in [0.2, 0.25) is 0 Å². The first-order chi connectivity index (χ1) is 28.8. The maximum atomic E-state index is 12.7. The van der Waals surface area contributed by atoms with Gasteiger partial charge in [0.25, 0.3) is 0 Å². The molecule has 0 aliphatic carbocycles. The molecule has 0 saturated heterocycles. The van der Waals surface area contributed by atoms with Gasteiger partial charge < -0.3 is 29.1 Å². The summed E-state index contributed by atoms with van der Waals surface area (Å²) in [6.45, 7) is 3.86. The number of aliphatic hydroxyl groups excluding tert-OH is 2. The number of esters is 2. The van der Waals surface area contributed by atoms with Crippen LogP contribution in [0.15, 0.2) is 109 Å². The van der Waals surface area contributed by atoms with Crippen LogP contribution >= 0.6 is 7.82 Å². The molecule has 60 heavy (non-hydrogen) atoms. The lowest BCUT2D eigenvalue weighted by Crippen LogP contribution is -2.37. The van der Waals surface area contributed by atoms with E-state index in [-0.39, 0.29) is 26.1 Å². The molecule has 12 heteroatoms. The first-order valence-corrected chi connectivity index (χ1v) is 23.3. The molecule has 0 heterocycles. The quantitative estimate of drug-likeness (QED) is 0.0138. The minimum absolute atomic E-state index is 0.00977. The van der Waals surface area contributed by atoms with Gasteiger partial charge in [-0.25, -0.2) is 4.57 Å². The number of rotatable bonds is 37. The number of aliphatic hydroxyl groups is 2. The Morgan fingerprint density at radius 1 is 0.633 bits per heavy atom. The molecule has 0 aromatic carbocycles. The zero-order chi connectivity index (χ0) is 44.6. The second kappa shape index (κ2) is 38.5. The van der Waals surface area contributed by atoms with Gasteiger partial charge in [-0.3, -0.25) is 18.6 Å². The van der Waals surface area contributed by atoms with Crippen LogP contribution in [-0.2, 0) is 32.7 Å². The Hall–Kier alpha value is -3.41. The van der Waals surface area contributed by atoms with Gasteiger partial charge >= 0.3 is 19.8 Å². The average molecular weight is 861 g/mol. The lowest BCUT2D eigenvalue weighted by molar-refractivity contribution is -0.870. The molecule has 0 aromatic heterocycles. The molecular formula is C48H79NO10P+. The third kappa shape index (κ3) is 41.3. The van der Waals surface area contributed by atoms with E-state index in [4.69, 9.17) is 18.5 Å². The molecule has 0 amide bonds. The van der Waals surface area contributed by atoms with Crippen molar-refractivity contribution in [2.45, 2.75) is 135 Å². The van der Waals surface area contributed by atoms with Crippen molar-refractivity contribution < 1.29 is 52.3 Å². The largest absolute Gasteiger partial charge is 0.472 e. The summed E-state index contributed by atoms with van der Waals surface area (Å²) < 4.78 is 34.0. The lowest BCUT2D eigenvalue weighted by Gasteiger charge is -2.24. The topological polar surface area (TPSA) is 149 Å². The summed E-state index contributed by atoms with van der Waals surface area (Å²) in [6.07, 6.45) is 44.9. The minimum Gasteiger partial charge on any atom is -0.462 e. The highest BCUT2D eigenvalue weighted by Crippen LogP contribution is 2.43. The summed E-state index contributed by atoms with van der Waals surface area (Å²) in [5, 5.41) is 20.3. The van der Waals surface area contributed by atoms with E-state index in [1.165, 1.54) is 19.3 Å². The van der Waals surface area contributed by atoms with Crippen LogP contribution < -0.4 is 0 Å². The predicted octanol–water partition coefficient (Wildman–Crippen LogP) is 10.3. The van der Waals surface area contributed by atoms with Crippen LogP contribution in [0.25, 0.3) is 0 Å². The number of phosphoric acid groups is 1. The lowest BCUT2D eigenvalue weighted by atomic mass is 10.1. The fourth-order valence-electron chi connectivity index (χ4n) is 5.01. The van der Waals surface area contributed by atoms with Crippen LogP contribution in [0.3, 0.4) is 0 Å². The first kappa shape index (κ1) is 56.6. The molecule has 0 rings (SSSR count). The number of nitrogens with zero attached hydrogens (tertiary/aromatic N) is 1. The molecule has 4 atom stereocenters. The fourth-order valence-corrected chi connectivity index (χ4v) is 5.75. The number of carbonyl (C=O) groups is 2. The smallest absolute Gasteiger partial charge is 0.462 e. The number of hydrogen-bond donors (Lipinski definition) is 3. The highest BCUT2D eigenvalue weighted by molar-refractivity contribution is 7.47. The van der Waals surface area contributed by atoms with E-state index >= 15 is 0 Å². The summed E-state index contributed by atoms with van der Waals surface area (Å²) in [5.74, 6) is -1.12. The molecule has 0 saturated carbocycles. The maximum absolute atomic E-state index is 12.7. The van der Waals surface area contributed by atoms with Crippen LogP contribution in [0.5, 0.6) is 0 Å². The zero-order valence-corrected chi connectivity index (χ0v) is 38.3. The minimum atomic E-state index is -4.46. The summed E-state index contributed by atoms with van der Waals surface area (Å²) >= 11 is 0. The van der Waals surface area contributed by atoms with Gasteiger partial charge in [-0.15, -0.1) is 0 Å². The molecule has 0 aromatic rings. The Labute approximate surface area is 362 Å². The Kier molecular flexibility index (Phi) is 36.3. The van der Waals surface area contributed by atoms with Crippen molar-refractivity contribution in [3.05, 3.63) is 109 Å². The van der Waals surface area contributed by atoms with Crippen LogP contribution in [0.2, 0.25) is 0 Å². The van der Waals surface area contributed by atoms with Gasteiger partial charge in [0.15, 0.2) is 6.10 Å². The maximum Gasteiger partial charge on any atom is 0.472 e. The first-order valence-electron chi connectivity index (χ1n) is 21.8. The number of hydrogen-bond acceptors (Lipinski definition) is 9. The molecule has 0 bridgehead atoms. The van der Waals surface area contributed by atoms with E-state index in [9.17, 15) is 29.3 Å². The van der Waals surface area contributed by atoms with Crippen molar-refractivity contribution >= 4 is 19.8 Å². The predicted molar refractivity (Wildman–Crippen MR) is 245 cm³/mol. The highest BCUT2D eigenvalue weighted by atomic mass is 31.2. The van der Waals surface area contributed by atoms with Crippen molar-refractivity contribution in [2.24, 2.45) is 0 Å². The molecule has 3 N–H and O–H groups in total. The number of carbonyl (C=O) groups excluding carboxylic acids is 2. The Bertz CT molecular complexity index is 1420. The molecule has 0 radical (unpaired) electrons. The number of allylic oxidation sites excluding steroid dienone is 15. The van der Waals surface area contributed by atoms with E-state index in [0.29, 0.717) is 43.1 Å². The summed E-state index contributed by atoms with van der Waals surface area (Å²) in [7, 11) is 1.28. The number of ether oxygens (including phenoxy) is 2. The number of phosphoric ester groups is 1. The Morgan fingerprint density at radius 2 is 1.18 bits per heavy atom. The van der Waals surface area contributed by atoms with Crippen molar-refractivity contribution in [3.63, 3.8) is 0 Å². The molecule has 11 nitrogen and oxygen atoms in total. The summed E-state index contributed by atoms with van der Waals surface area (Å²) in [6, 6.07) is 0. The molecule has 1 unspecified atom stereocenters. The standard InChI is InChI=1S/C48H78NO10P/c1-6-8-10-12-14-15-16-17-18-19-20-21-22-23-24-26-32-38-48(53)59-46(43-58-60(54,55)57-41-40-49(3,4)5)42-56-47(52)39-33-37-45(51)36-31-28-27-30-35-44(50)34-29-25-13-11-9-7-2/h8,10,14-15,17-18,20-21,23-25,27-31,35-36,44-46,50-51H,6-7,9,11-13,16,19,22,26,32-34,37-43H2,1-5H3/p+1/b10-8-,15-14-,18-17-,21-20-,24-23-,28-27+,29-25-,35-30+,36-31-/t44-,45-,46-/m1/s1. The highest BCUT2D eigenvalue weighted by Gasteiger charge is 2.27. The molecule has 0 spiro atoms. The van der Waals surface area contributed by atoms with E-state index in [1.807, 2.05) is 39.4 Å². The van der Waals surface area contributed by atoms with Crippen molar-refractivity contribution in [3.8, 4) is 0 Å². The third-order valence-electron chi connectivity index (χ3n) is 8.48. The summed E-state index contributed by atoms with van der Waals surface area (Å²) in [5.41, 5.74) is 0. The van der Waals surface area contributed by atoms with Gasteiger partial charge in [0.1, 0.15) is 19.8 Å². The number of quaternary nitrogens is 1. The molecule has 340 valence electrons. The van der Waals surface area contributed by atoms with Crippen LogP contribution in [0.4, 0.5) is 0 Å². The Balaban J connectivity index is 4.74. The van der Waals surface area contributed by atoms with Gasteiger partial charge in [-0.2, -0.15) is 0 Å². The van der Waals surface area contributed by atoms with Crippen molar-refractivity contribution in [1.82, 2.24) is 0 Å². The van der Waals surface area contributed by atoms with Gasteiger partial charge in [-0.05, 0) is 77.0 Å². The van der Waals surface area contributed by atoms with Crippen molar-refractivity contribution in [2.75, 3.05) is 47.5 Å². The van der Waals surface area contributed by atoms with E-state index in [0.717, 1.165) is 38.5 Å². The third-order valence-corrected chi connectivity index (χ3v) is 9.46. The Morgan fingerprint density at radius 3 is 1.78 bits per heavy atom. The van der Waals surface area contributed by atoms with E-state index in [1.54, 1.807) is 36.5 Å². The number of likely N-dealkylation sites (N-methyl/N-ethyl adjacent to an activating group) is 1. The van der Waals surface area contributed by atoms with Crippen LogP contribution in [0.1, 0.15) is 117 Å². The van der Waals surface area contributed by atoms with Crippen molar-refractivity contribution in [1.29, 1.82) is 0 Å². The SMILES string of the molecule is CC/C=C\C/C=C\C/C=C\C/C=C\C/C=C\CCCC(=O)O[C@H](COC(=O)CCC[C@H](O)\C=C/C=C/C=C/[C@H](O)C/C=C\CCCCC)COP(=O)(O)OCC[N+](C)(C)C. The van der Waals surface area contributed by atoms with Crippen LogP contribution in [-0.4, -0.2) is 97.3 Å². The van der Waals surface area contributed by atoms with Gasteiger partial charge in [0, 0.05) is 12.8 Å². The second-order valence-electron chi connectivity index (χ2n) is 15.4. The molecule has 0 aliphatic rings. The number of unbranched alkanes of at least 4 members (excludes halogenated alkanes) is 4. The fraction of sp³-hybridized carbons (Fsp3) is 0.583. The zero-order valence-electron chi connectivity index (χ0n) is 37.4. The summed E-state index contributed by atoms with van der Waals surface area (Å²) in [4.78, 5) is 35.4. The monoisotopic (exact) mass is 861 g/mol. The average Bonchev–Trinajstić information content (AvgIpc) is 3.19. The van der Waals surface area contributed by atoms with Gasteiger partial charge in [-0.1, -0.05) is 136 Å². The van der Waals surface area contributed by atoms with Crippen LogP contribution in [0, 0.1) is 0 Å². The second-order valence-corrected chi connectivity index (χ2v) is 16.8. The van der Waals surface area contributed by atoms with E-state index in [2.05, 4.69) is 68.5 Å². The molecule has 0 fully saturated rings. The normalized spacial score (nSPS) is 15.7. The molecule has 0 aliphatic heterocycles. The molecular weight excluding hydrogens is 781 g/mol. The van der Waals surface area contributed by atoms with E-state index < -0.39 is 44.7 Å². The van der Waals surface area contributed by atoms with Gasteiger partial charge in [0.05, 0.1) is 40.0 Å².